The van der Waals surface area contributed by atoms with Gasteiger partial charge >= 0.3 is 6.03 Å². The molecule has 1 aromatic carbocycles. The van der Waals surface area contributed by atoms with E-state index in [0.717, 1.165) is 17.8 Å². The maximum absolute atomic E-state index is 14.0. The molecular formula is C24H35F2N5O2. The quantitative estimate of drug-likeness (QED) is 0.607. The van der Waals surface area contributed by atoms with Gasteiger partial charge in [0.1, 0.15) is 24.0 Å². The molecule has 182 valence electrons. The van der Waals surface area contributed by atoms with Gasteiger partial charge in [-0.05, 0) is 38.8 Å². The lowest BCUT2D eigenvalue weighted by Gasteiger charge is -2.26. The summed E-state index contributed by atoms with van der Waals surface area (Å²) in [6.07, 6.45) is 0. The van der Waals surface area contributed by atoms with Crippen molar-refractivity contribution in [2.75, 3.05) is 23.7 Å². The summed E-state index contributed by atoms with van der Waals surface area (Å²) in [7, 11) is 0. The molecule has 2 N–H and O–H groups in total. The maximum Gasteiger partial charge on any atom is 0.322 e. The van der Waals surface area contributed by atoms with Gasteiger partial charge in [-0.15, -0.1) is 0 Å². The van der Waals surface area contributed by atoms with E-state index in [0.29, 0.717) is 11.9 Å². The number of amides is 3. The summed E-state index contributed by atoms with van der Waals surface area (Å²) >= 11 is 0. The Labute approximate surface area is 194 Å². The lowest BCUT2D eigenvalue weighted by molar-refractivity contribution is -0.116. The average molecular weight is 464 g/mol. The van der Waals surface area contributed by atoms with Crippen molar-refractivity contribution >= 4 is 23.4 Å². The van der Waals surface area contributed by atoms with Crippen LogP contribution in [0.4, 0.5) is 25.1 Å². The Kier molecular flexibility index (Phi) is 7.87. The SMILES string of the molecule is CC(C)CN(CC(=O)Nc1cc(C(C)(C)C)nn1C(C)(C)C)C(=O)Nc1ccc(F)cc1F. The van der Waals surface area contributed by atoms with Gasteiger partial charge in [-0.3, -0.25) is 4.79 Å². The van der Waals surface area contributed by atoms with Crippen LogP contribution < -0.4 is 10.6 Å². The molecule has 33 heavy (non-hydrogen) atoms. The molecule has 2 aromatic rings. The van der Waals surface area contributed by atoms with Gasteiger partial charge < -0.3 is 15.5 Å². The number of nitrogens with one attached hydrogen (secondary N) is 2. The number of carbonyl (C=O) groups excluding carboxylic acids is 2. The van der Waals surface area contributed by atoms with Crippen LogP contribution in [0.15, 0.2) is 24.3 Å². The molecule has 0 bridgehead atoms. The van der Waals surface area contributed by atoms with Crippen molar-refractivity contribution in [2.45, 2.75) is 66.3 Å². The van der Waals surface area contributed by atoms with Crippen LogP contribution >= 0.6 is 0 Å². The van der Waals surface area contributed by atoms with Crippen molar-refractivity contribution < 1.29 is 18.4 Å². The van der Waals surface area contributed by atoms with Crippen LogP contribution in [0.3, 0.4) is 0 Å². The number of hydrogen-bond acceptors (Lipinski definition) is 3. The second-order valence-electron chi connectivity index (χ2n) is 10.6. The first-order chi connectivity index (χ1) is 15.1. The molecule has 3 amide bonds. The van der Waals surface area contributed by atoms with Crippen LogP contribution in [0, 0.1) is 17.6 Å². The van der Waals surface area contributed by atoms with E-state index in [-0.39, 0.29) is 35.6 Å². The molecule has 0 atom stereocenters. The third-order valence-electron chi connectivity index (χ3n) is 4.76. The molecule has 0 fully saturated rings. The highest BCUT2D eigenvalue weighted by Gasteiger charge is 2.27. The Morgan fingerprint density at radius 2 is 1.70 bits per heavy atom. The van der Waals surface area contributed by atoms with Crippen molar-refractivity contribution in [1.29, 1.82) is 0 Å². The number of aromatic nitrogens is 2. The number of urea groups is 1. The van der Waals surface area contributed by atoms with E-state index < -0.39 is 23.6 Å². The lowest BCUT2D eigenvalue weighted by atomic mass is 9.92. The van der Waals surface area contributed by atoms with Crippen LogP contribution in [0.25, 0.3) is 0 Å². The Balaban J connectivity index is 2.22. The fraction of sp³-hybridized carbons (Fsp3) is 0.542. The third kappa shape index (κ3) is 7.27. The van der Waals surface area contributed by atoms with Crippen molar-refractivity contribution in [3.63, 3.8) is 0 Å². The van der Waals surface area contributed by atoms with Gasteiger partial charge in [-0.1, -0.05) is 34.6 Å². The molecule has 0 aliphatic carbocycles. The second-order valence-corrected chi connectivity index (χ2v) is 10.6. The fourth-order valence-electron chi connectivity index (χ4n) is 3.15. The molecular weight excluding hydrogens is 428 g/mol. The highest BCUT2D eigenvalue weighted by molar-refractivity contribution is 5.96. The summed E-state index contributed by atoms with van der Waals surface area (Å²) in [6.45, 7) is 15.9. The number of rotatable bonds is 6. The molecule has 0 aliphatic heterocycles. The largest absolute Gasteiger partial charge is 0.322 e. The standard InChI is InChI=1S/C24H35F2N5O2/c1-15(2)13-30(22(33)27-18-10-9-16(25)11-17(18)26)14-21(32)28-20-12-19(23(3,4)5)29-31(20)24(6,7)8/h9-12,15H,13-14H2,1-8H3,(H,27,33)(H,28,32). The predicted octanol–water partition coefficient (Wildman–Crippen LogP) is 5.34. The molecule has 0 spiro atoms. The maximum atomic E-state index is 14.0. The first-order valence-electron chi connectivity index (χ1n) is 11.0. The van der Waals surface area contributed by atoms with Crippen LogP contribution in [0.1, 0.15) is 61.1 Å². The molecule has 1 aromatic heterocycles. The van der Waals surface area contributed by atoms with Crippen LogP contribution in [-0.4, -0.2) is 39.7 Å². The Bertz CT molecular complexity index is 1000. The van der Waals surface area contributed by atoms with Gasteiger partial charge in [0.25, 0.3) is 0 Å². The molecule has 1 heterocycles. The molecule has 0 aliphatic rings. The molecule has 0 unspecified atom stereocenters. The summed E-state index contributed by atoms with van der Waals surface area (Å²) in [5.74, 6) is -1.44. The smallest absolute Gasteiger partial charge is 0.315 e. The molecule has 7 nitrogen and oxygen atoms in total. The highest BCUT2D eigenvalue weighted by Crippen LogP contribution is 2.28. The minimum absolute atomic E-state index is 0.0641. The van der Waals surface area contributed by atoms with Gasteiger partial charge in [0.2, 0.25) is 5.91 Å². The molecule has 0 radical (unpaired) electrons. The highest BCUT2D eigenvalue weighted by atomic mass is 19.1. The average Bonchev–Trinajstić information content (AvgIpc) is 3.07. The van der Waals surface area contributed by atoms with Crippen LogP contribution in [0.5, 0.6) is 0 Å². The minimum atomic E-state index is -0.888. The normalized spacial score (nSPS) is 12.1. The number of benzene rings is 1. The topological polar surface area (TPSA) is 79.3 Å². The van der Waals surface area contributed by atoms with Crippen molar-refractivity contribution in [3.05, 3.63) is 41.6 Å². The third-order valence-corrected chi connectivity index (χ3v) is 4.76. The van der Waals surface area contributed by atoms with Crippen LogP contribution in [0.2, 0.25) is 0 Å². The van der Waals surface area contributed by atoms with Crippen molar-refractivity contribution in [3.8, 4) is 0 Å². The molecule has 2 rings (SSSR count). The summed E-state index contributed by atoms with van der Waals surface area (Å²) in [4.78, 5) is 27.0. The first kappa shape index (κ1) is 26.3. The van der Waals surface area contributed by atoms with Crippen molar-refractivity contribution in [1.82, 2.24) is 14.7 Å². The number of halogens is 2. The minimum Gasteiger partial charge on any atom is -0.315 e. The van der Waals surface area contributed by atoms with E-state index in [9.17, 15) is 18.4 Å². The monoisotopic (exact) mass is 463 g/mol. The van der Waals surface area contributed by atoms with E-state index >= 15 is 0 Å². The summed E-state index contributed by atoms with van der Waals surface area (Å²) in [5.41, 5.74) is 0.0903. The molecule has 9 heteroatoms. The predicted molar refractivity (Wildman–Crippen MR) is 126 cm³/mol. The molecule has 0 saturated heterocycles. The fourth-order valence-corrected chi connectivity index (χ4v) is 3.15. The Morgan fingerprint density at radius 3 is 2.21 bits per heavy atom. The van der Waals surface area contributed by atoms with E-state index in [4.69, 9.17) is 0 Å². The number of anilines is 2. The van der Waals surface area contributed by atoms with Gasteiger partial charge in [0.05, 0.1) is 16.9 Å². The summed E-state index contributed by atoms with van der Waals surface area (Å²) < 4.78 is 28.9. The lowest BCUT2D eigenvalue weighted by Crippen LogP contribution is -2.43. The van der Waals surface area contributed by atoms with Gasteiger partial charge in [-0.25, -0.2) is 18.3 Å². The first-order valence-corrected chi connectivity index (χ1v) is 11.0. The molecule has 0 saturated carbocycles. The zero-order chi connectivity index (χ0) is 25.1. The van der Waals surface area contributed by atoms with E-state index in [2.05, 4.69) is 15.7 Å². The number of carbonyl (C=O) groups is 2. The Morgan fingerprint density at radius 1 is 1.06 bits per heavy atom. The van der Waals surface area contributed by atoms with E-state index in [1.165, 1.54) is 4.90 Å². The van der Waals surface area contributed by atoms with E-state index in [1.807, 2.05) is 61.5 Å². The van der Waals surface area contributed by atoms with Crippen molar-refractivity contribution in [2.24, 2.45) is 5.92 Å². The van der Waals surface area contributed by atoms with Gasteiger partial charge in [-0.2, -0.15) is 5.10 Å². The van der Waals surface area contributed by atoms with Gasteiger partial charge in [0, 0.05) is 24.1 Å². The number of hydrogen-bond donors (Lipinski definition) is 2. The second kappa shape index (κ2) is 9.89. The zero-order valence-electron chi connectivity index (χ0n) is 20.7. The Hall–Kier alpha value is -2.97. The van der Waals surface area contributed by atoms with Crippen LogP contribution in [-0.2, 0) is 15.7 Å². The van der Waals surface area contributed by atoms with Gasteiger partial charge in [0.15, 0.2) is 0 Å². The summed E-state index contributed by atoms with van der Waals surface area (Å²) in [6, 6.07) is 4.08. The zero-order valence-corrected chi connectivity index (χ0v) is 20.7. The number of nitrogens with zero attached hydrogens (tertiary/aromatic N) is 3. The van der Waals surface area contributed by atoms with E-state index in [1.54, 1.807) is 4.68 Å². The summed E-state index contributed by atoms with van der Waals surface area (Å²) in [5, 5.41) is 9.96.